The second-order valence-corrected chi connectivity index (χ2v) is 25.2. The van der Waals surface area contributed by atoms with E-state index < -0.39 is 24.2 Å². The van der Waals surface area contributed by atoms with Crippen LogP contribution in [-0.2, 0) is 15.6 Å². The summed E-state index contributed by atoms with van der Waals surface area (Å²) in [6.45, 7) is 16.0. The molecule has 24 nitrogen and oxygen atoms in total. The van der Waals surface area contributed by atoms with Gasteiger partial charge in [0.15, 0.2) is 0 Å². The normalized spacial score (nSPS) is 11.7. The van der Waals surface area contributed by atoms with Crippen LogP contribution in [0, 0.1) is 16.5 Å². The number of alkyl halides is 3. The van der Waals surface area contributed by atoms with Crippen LogP contribution < -0.4 is 32.8 Å². The first-order chi connectivity index (χ1) is 40.4. The predicted octanol–water partition coefficient (Wildman–Crippen LogP) is 10.6. The van der Waals surface area contributed by atoms with Gasteiger partial charge in [-0.2, -0.15) is 13.2 Å². The number of amides is 5. The van der Waals surface area contributed by atoms with Crippen molar-refractivity contribution in [2.24, 2.45) is 11.3 Å². The highest BCUT2D eigenvalue weighted by Crippen LogP contribution is 2.30. The molecule has 448 valence electrons. The first-order valence-electron chi connectivity index (χ1n) is 25.8. The number of nitrogens with one attached hydrogen (secondary N) is 5. The first kappa shape index (κ1) is 63.9. The van der Waals surface area contributed by atoms with Gasteiger partial charge in [-0.15, -0.1) is 20.4 Å². The predicted molar refractivity (Wildman–Crippen MR) is 338 cm³/mol. The monoisotopic (exact) mass is 1510 g/mol. The smallest absolute Gasteiger partial charge is 0.405 e. The Hall–Kier alpha value is -8.12. The van der Waals surface area contributed by atoms with Gasteiger partial charge >= 0.3 is 12.2 Å². The van der Waals surface area contributed by atoms with Gasteiger partial charge in [0.2, 0.25) is 29.5 Å². The van der Waals surface area contributed by atoms with Crippen molar-refractivity contribution in [2.45, 2.75) is 79.3 Å². The number of nitrogens with zero attached hydrogens (tertiary/aromatic N) is 12. The molecule has 0 bridgehead atoms. The standard InChI is InChI=1S/C22H21F3N6O2.C13H15IN4O2.C13H13IN4O.C8H7IN4O/c1-21(2,3)19-30-29-18(33-19)14-7-8-31-16(11-26-17(31)10-14)13-5-4-6-15(9-13)28-20(32)27-12-22(23,24)25;1-13(2,3)12(20)17-16-11(19)8-4-5-18-9(14)7-15-10(18)6-8;1-13(2,3)12-17-16-11(19-12)8-4-5-18-9(14)7-15-10(18)6-8;9-6-4-11-7-3-5(8(14)12-10)1-2-13(6)7/h4-11H,12H2,1-3H3,(H2,27,28,32);4-7H,1-3H3,(H,16,19)(H,17,20);4-7H,1-3H3;1-4H,10H2,(H,12,14). The van der Waals surface area contributed by atoms with E-state index in [2.05, 4.69) is 130 Å². The zero-order chi connectivity index (χ0) is 62.5. The van der Waals surface area contributed by atoms with E-state index in [1.165, 1.54) is 0 Å². The number of anilines is 1. The molecule has 0 aliphatic heterocycles. The molecule has 10 heterocycles. The van der Waals surface area contributed by atoms with E-state index in [9.17, 15) is 32.3 Å². The molecular weight excluding hydrogens is 1460 g/mol. The summed E-state index contributed by atoms with van der Waals surface area (Å²) in [5.74, 6) is 6.19. The van der Waals surface area contributed by atoms with E-state index in [0.29, 0.717) is 51.7 Å². The zero-order valence-electron chi connectivity index (χ0n) is 47.4. The molecular formula is C56H56F3I3N18O6. The molecule has 10 aromatic heterocycles. The Bertz CT molecular complexity index is 4260. The SMILES string of the molecule is CC(C)(C)C(=O)NNC(=O)c1ccn2c(I)cnc2c1.CC(C)(C)c1nnc(-c2ccn3c(-c4cccc(NC(=O)NCC(F)(F)F)c4)cnc3c2)o1.CC(C)(C)c1nnc(-c2ccn3c(I)cnc3c2)o1.NNC(=O)c1ccn2c(I)cnc2c1. The molecule has 30 heteroatoms. The largest absolute Gasteiger partial charge is 0.420 e. The topological polar surface area (TPSA) is 301 Å². The van der Waals surface area contributed by atoms with E-state index in [1.54, 1.807) is 99.5 Å². The maximum Gasteiger partial charge on any atom is 0.405 e. The number of carbonyl (C=O) groups is 4. The number of rotatable bonds is 7. The molecule has 11 rings (SSSR count). The maximum atomic E-state index is 12.3. The van der Waals surface area contributed by atoms with Crippen molar-refractivity contribution in [2.75, 3.05) is 11.9 Å². The van der Waals surface area contributed by atoms with Crippen LogP contribution in [0.15, 0.2) is 131 Å². The zero-order valence-corrected chi connectivity index (χ0v) is 53.9. The minimum atomic E-state index is -4.48. The Morgan fingerprint density at radius 1 is 0.547 bits per heavy atom. The van der Waals surface area contributed by atoms with Crippen molar-refractivity contribution < 1.29 is 41.2 Å². The fraction of sp³-hybridized carbons (Fsp3) is 0.250. The molecule has 7 N–H and O–H groups in total. The van der Waals surface area contributed by atoms with Crippen molar-refractivity contribution in [1.82, 2.24) is 79.5 Å². The number of hydrogen-bond acceptors (Lipinski definition) is 15. The number of carbonyl (C=O) groups excluding carboxylic acids is 4. The van der Waals surface area contributed by atoms with Crippen molar-refractivity contribution in [3.8, 4) is 34.2 Å². The molecule has 1 aromatic carbocycles. The third kappa shape index (κ3) is 16.0. The van der Waals surface area contributed by atoms with Crippen molar-refractivity contribution >= 4 is 120 Å². The number of aromatic nitrogens is 12. The lowest BCUT2D eigenvalue weighted by Crippen LogP contribution is -2.46. The number of hydrazine groups is 2. The number of nitrogen functional groups attached to an aromatic ring is 1. The molecule has 0 saturated carbocycles. The lowest BCUT2D eigenvalue weighted by molar-refractivity contribution is -0.129. The molecule has 86 heavy (non-hydrogen) atoms. The fourth-order valence-electron chi connectivity index (χ4n) is 7.45. The Kier molecular flexibility index (Phi) is 19.5. The first-order valence-corrected chi connectivity index (χ1v) is 29.1. The van der Waals surface area contributed by atoms with Crippen molar-refractivity contribution in [1.29, 1.82) is 0 Å². The van der Waals surface area contributed by atoms with Gasteiger partial charge in [0, 0.05) is 74.5 Å². The van der Waals surface area contributed by atoms with E-state index in [0.717, 1.165) is 44.8 Å². The number of imidazole rings is 4. The number of nitrogens with two attached hydrogens (primary N) is 1. The molecule has 0 spiro atoms. The fourth-order valence-corrected chi connectivity index (χ4v) is 9.09. The number of halogens is 6. The van der Waals surface area contributed by atoms with Crippen LogP contribution in [-0.4, -0.2) is 94.4 Å². The van der Waals surface area contributed by atoms with Gasteiger partial charge in [-0.05, 0) is 128 Å². The maximum absolute atomic E-state index is 12.3. The number of benzene rings is 1. The second kappa shape index (κ2) is 26.2. The van der Waals surface area contributed by atoms with Crippen LogP contribution in [0.25, 0.3) is 56.8 Å². The highest BCUT2D eigenvalue weighted by Gasteiger charge is 2.28. The van der Waals surface area contributed by atoms with E-state index >= 15 is 0 Å². The van der Waals surface area contributed by atoms with E-state index in [1.807, 2.05) is 108 Å². The number of fused-ring (bicyclic) bond motifs is 4. The molecule has 5 amide bonds. The van der Waals surface area contributed by atoms with Gasteiger partial charge in [0.1, 0.15) is 40.2 Å². The number of hydrogen-bond donors (Lipinski definition) is 6. The van der Waals surface area contributed by atoms with Gasteiger partial charge in [-0.1, -0.05) is 74.4 Å². The van der Waals surface area contributed by atoms with Crippen LogP contribution in [0.1, 0.15) is 94.8 Å². The van der Waals surface area contributed by atoms with E-state index in [-0.39, 0.29) is 28.6 Å². The van der Waals surface area contributed by atoms with Crippen LogP contribution in [0.4, 0.5) is 23.7 Å². The molecule has 11 aromatic rings. The highest BCUT2D eigenvalue weighted by atomic mass is 127. The minimum absolute atomic E-state index is 0.141. The van der Waals surface area contributed by atoms with Crippen molar-refractivity contribution in [3.05, 3.63) is 156 Å². The Labute approximate surface area is 529 Å². The molecule has 0 unspecified atom stereocenters. The van der Waals surface area contributed by atoms with Crippen LogP contribution in [0.2, 0.25) is 0 Å². The summed E-state index contributed by atoms with van der Waals surface area (Å²) < 4.78 is 59.0. The third-order valence-electron chi connectivity index (χ3n) is 12.0. The minimum Gasteiger partial charge on any atom is -0.420 e. The van der Waals surface area contributed by atoms with Crippen LogP contribution in [0.5, 0.6) is 0 Å². The lowest BCUT2D eigenvalue weighted by Gasteiger charge is -2.17. The lowest BCUT2D eigenvalue weighted by atomic mass is 9.96. The van der Waals surface area contributed by atoms with Gasteiger partial charge in [0.05, 0.1) is 30.5 Å². The van der Waals surface area contributed by atoms with Crippen molar-refractivity contribution in [3.63, 3.8) is 0 Å². The molecule has 0 atom stereocenters. The Morgan fingerprint density at radius 3 is 1.47 bits per heavy atom. The molecule has 0 aliphatic rings. The Morgan fingerprint density at radius 2 is 1.00 bits per heavy atom. The number of pyridine rings is 4. The summed E-state index contributed by atoms with van der Waals surface area (Å²) in [6, 6.07) is 20.1. The number of urea groups is 1. The van der Waals surface area contributed by atoms with E-state index in [4.69, 9.17) is 14.7 Å². The molecule has 0 saturated heterocycles. The summed E-state index contributed by atoms with van der Waals surface area (Å²) in [5.41, 5.74) is 13.2. The molecule has 0 fully saturated rings. The summed E-state index contributed by atoms with van der Waals surface area (Å²) >= 11 is 6.57. The van der Waals surface area contributed by atoms with Gasteiger partial charge in [0.25, 0.3) is 11.8 Å². The summed E-state index contributed by atoms with van der Waals surface area (Å²) in [6.07, 6.45) is 9.79. The van der Waals surface area contributed by atoms with Gasteiger partial charge in [-0.3, -0.25) is 48.3 Å². The van der Waals surface area contributed by atoms with Crippen LogP contribution in [0.3, 0.4) is 0 Å². The average Bonchev–Trinajstić information content (AvgIpc) is 1.95. The molecule has 0 aliphatic carbocycles. The average molecular weight is 1510 g/mol. The molecule has 0 radical (unpaired) electrons. The van der Waals surface area contributed by atoms with Crippen LogP contribution >= 0.6 is 67.8 Å². The quantitative estimate of drug-likeness (QED) is 0.0374. The summed E-state index contributed by atoms with van der Waals surface area (Å²) in [4.78, 5) is 63.6. The van der Waals surface area contributed by atoms with Gasteiger partial charge < -0.3 is 19.5 Å². The Balaban J connectivity index is 0.000000157. The summed E-state index contributed by atoms with van der Waals surface area (Å²) in [7, 11) is 0. The second-order valence-electron chi connectivity index (χ2n) is 21.9. The highest BCUT2D eigenvalue weighted by molar-refractivity contribution is 14.1. The third-order valence-corrected chi connectivity index (χ3v) is 14.4. The summed E-state index contributed by atoms with van der Waals surface area (Å²) in [5, 5.41) is 20.6. The van der Waals surface area contributed by atoms with Gasteiger partial charge in [-0.25, -0.2) is 30.6 Å².